The Hall–Kier alpha value is -3.90. The largest absolute Gasteiger partial charge is 0.360 e. The van der Waals surface area contributed by atoms with E-state index >= 15 is 0 Å². The summed E-state index contributed by atoms with van der Waals surface area (Å²) in [5.74, 6) is 0.822. The minimum absolute atomic E-state index is 0.217. The maximum absolute atomic E-state index is 12.3. The fraction of sp³-hybridized carbons (Fsp3) is 0.267. The van der Waals surface area contributed by atoms with Crippen LogP contribution in [0.5, 0.6) is 0 Å². The minimum Gasteiger partial charge on any atom is -0.360 e. The van der Waals surface area contributed by atoms with Crippen molar-refractivity contribution in [1.82, 2.24) is 14.9 Å². The van der Waals surface area contributed by atoms with Crippen LogP contribution in [0.25, 0.3) is 22.2 Å². The van der Waals surface area contributed by atoms with Gasteiger partial charge in [-0.3, -0.25) is 4.79 Å². The van der Waals surface area contributed by atoms with Gasteiger partial charge >= 0.3 is 0 Å². The van der Waals surface area contributed by atoms with Crippen molar-refractivity contribution in [1.29, 1.82) is 0 Å². The Morgan fingerprint density at radius 1 is 1.14 bits per heavy atom. The van der Waals surface area contributed by atoms with Gasteiger partial charge in [0.1, 0.15) is 5.82 Å². The number of carbonyl (C=O) groups is 1. The highest BCUT2D eigenvalue weighted by molar-refractivity contribution is 6.00. The zero-order valence-corrected chi connectivity index (χ0v) is 21.6. The molecule has 0 saturated heterocycles. The molecule has 1 unspecified atom stereocenters. The monoisotopic (exact) mass is 481 g/mol. The molecule has 0 spiro atoms. The van der Waals surface area contributed by atoms with Crippen LogP contribution in [0.2, 0.25) is 0 Å². The molecule has 0 fully saturated rings. The Bertz CT molecular complexity index is 1370. The van der Waals surface area contributed by atoms with Gasteiger partial charge in [0.2, 0.25) is 5.91 Å². The summed E-state index contributed by atoms with van der Waals surface area (Å²) in [5.41, 5.74) is 7.09. The van der Waals surface area contributed by atoms with E-state index < -0.39 is 0 Å². The van der Waals surface area contributed by atoms with Gasteiger partial charge in [0.05, 0.1) is 5.69 Å². The summed E-state index contributed by atoms with van der Waals surface area (Å²) in [4.78, 5) is 22.7. The second-order valence-corrected chi connectivity index (χ2v) is 9.42. The van der Waals surface area contributed by atoms with Crippen molar-refractivity contribution in [3.8, 4) is 11.3 Å². The third-order valence-electron chi connectivity index (χ3n) is 6.52. The molecule has 0 saturated carbocycles. The van der Waals surface area contributed by atoms with Crippen molar-refractivity contribution in [2.24, 2.45) is 0 Å². The normalized spacial score (nSPS) is 12.0. The predicted molar refractivity (Wildman–Crippen MR) is 151 cm³/mol. The van der Waals surface area contributed by atoms with Crippen LogP contribution in [0.4, 0.5) is 17.2 Å². The summed E-state index contributed by atoms with van der Waals surface area (Å²) < 4.78 is 0. The number of H-pyrrole nitrogens is 1. The first-order valence-corrected chi connectivity index (χ1v) is 12.4. The van der Waals surface area contributed by atoms with Crippen LogP contribution < -0.4 is 10.6 Å². The zero-order valence-electron chi connectivity index (χ0n) is 21.6. The standard InChI is InChI=1S/C30H35N5O/c1-6-21-17-23(20(3)15-16-35(4)5)28(34-30(36)7-2)18-27(21)33-29-14-10-13-26(32-29)24-19-31-25-12-9-8-11-22(24)25/h7-14,17-20,31H,2,6,15-16H2,1,3-5H3,(H,32,33)(H,34,36). The maximum Gasteiger partial charge on any atom is 0.247 e. The molecule has 0 radical (unpaired) electrons. The summed E-state index contributed by atoms with van der Waals surface area (Å²) in [6.07, 6.45) is 5.16. The number of para-hydroxylation sites is 1. The Morgan fingerprint density at radius 2 is 1.94 bits per heavy atom. The van der Waals surface area contributed by atoms with Gasteiger partial charge in [-0.05, 0) is 80.9 Å². The highest BCUT2D eigenvalue weighted by Crippen LogP contribution is 2.35. The number of carbonyl (C=O) groups excluding carboxylic acids is 1. The Balaban J connectivity index is 1.69. The average Bonchev–Trinajstić information content (AvgIpc) is 3.32. The lowest BCUT2D eigenvalue weighted by Gasteiger charge is -2.22. The number of amides is 1. The van der Waals surface area contributed by atoms with Gasteiger partial charge in [0, 0.05) is 34.0 Å². The minimum atomic E-state index is -0.217. The molecule has 2 heterocycles. The van der Waals surface area contributed by atoms with Crippen molar-refractivity contribution >= 4 is 34.0 Å². The molecule has 4 rings (SSSR count). The fourth-order valence-electron chi connectivity index (χ4n) is 4.46. The molecule has 36 heavy (non-hydrogen) atoms. The molecule has 6 heteroatoms. The lowest BCUT2D eigenvalue weighted by molar-refractivity contribution is -0.111. The van der Waals surface area contributed by atoms with E-state index in [2.05, 4.69) is 73.2 Å². The van der Waals surface area contributed by atoms with Gasteiger partial charge < -0.3 is 20.5 Å². The number of aromatic nitrogens is 2. The molecule has 0 aliphatic rings. The Labute approximate surface area is 213 Å². The Morgan fingerprint density at radius 3 is 2.69 bits per heavy atom. The molecule has 0 bridgehead atoms. The summed E-state index contributed by atoms with van der Waals surface area (Å²) >= 11 is 0. The molecule has 0 aliphatic heterocycles. The number of hydrogen-bond donors (Lipinski definition) is 3. The molecule has 186 valence electrons. The Kier molecular flexibility index (Phi) is 7.86. The van der Waals surface area contributed by atoms with E-state index in [9.17, 15) is 4.79 Å². The van der Waals surface area contributed by atoms with E-state index in [1.54, 1.807) is 0 Å². The number of pyridine rings is 1. The fourth-order valence-corrected chi connectivity index (χ4v) is 4.46. The zero-order chi connectivity index (χ0) is 25.7. The number of aromatic amines is 1. The SMILES string of the molecule is C=CC(=O)Nc1cc(Nc2cccc(-c3c[nH]c4ccccc34)n2)c(CC)cc1C(C)CCN(C)C. The van der Waals surface area contributed by atoms with Gasteiger partial charge in [-0.15, -0.1) is 0 Å². The second-order valence-electron chi connectivity index (χ2n) is 9.42. The lowest BCUT2D eigenvalue weighted by Crippen LogP contribution is -2.17. The predicted octanol–water partition coefficient (Wildman–Crippen LogP) is 6.72. The van der Waals surface area contributed by atoms with Crippen LogP contribution in [0.3, 0.4) is 0 Å². The molecule has 2 aromatic carbocycles. The van der Waals surface area contributed by atoms with Gasteiger partial charge in [-0.2, -0.15) is 0 Å². The smallest absolute Gasteiger partial charge is 0.247 e. The molecule has 4 aromatic rings. The van der Waals surface area contributed by atoms with E-state index in [0.717, 1.165) is 64.3 Å². The quantitative estimate of drug-likeness (QED) is 0.220. The maximum atomic E-state index is 12.3. The lowest BCUT2D eigenvalue weighted by atomic mass is 9.92. The molecule has 6 nitrogen and oxygen atoms in total. The molecule has 1 atom stereocenters. The van der Waals surface area contributed by atoms with Gasteiger partial charge in [0.15, 0.2) is 0 Å². The van der Waals surface area contributed by atoms with Gasteiger partial charge in [0.25, 0.3) is 0 Å². The third kappa shape index (κ3) is 5.66. The number of nitrogens with one attached hydrogen (secondary N) is 3. The van der Waals surface area contributed by atoms with E-state index in [-0.39, 0.29) is 11.8 Å². The van der Waals surface area contributed by atoms with E-state index in [1.165, 1.54) is 11.6 Å². The summed E-state index contributed by atoms with van der Waals surface area (Å²) in [6, 6.07) is 18.5. The summed E-state index contributed by atoms with van der Waals surface area (Å²) in [5, 5.41) is 7.68. The van der Waals surface area contributed by atoms with Gasteiger partial charge in [-0.1, -0.05) is 50.8 Å². The number of rotatable bonds is 10. The van der Waals surface area contributed by atoms with Crippen LogP contribution in [0, 0.1) is 0 Å². The second kappa shape index (κ2) is 11.2. The van der Waals surface area contributed by atoms with Crippen molar-refractivity contribution in [2.75, 3.05) is 31.3 Å². The highest BCUT2D eigenvalue weighted by atomic mass is 16.1. The number of nitrogens with zero attached hydrogens (tertiary/aromatic N) is 2. The van der Waals surface area contributed by atoms with Crippen molar-refractivity contribution < 1.29 is 4.79 Å². The molecular formula is C30H35N5O. The number of benzene rings is 2. The van der Waals surface area contributed by atoms with E-state index in [4.69, 9.17) is 4.98 Å². The topological polar surface area (TPSA) is 73.0 Å². The van der Waals surface area contributed by atoms with Crippen molar-refractivity contribution in [3.63, 3.8) is 0 Å². The molecule has 1 amide bonds. The number of anilines is 3. The third-order valence-corrected chi connectivity index (χ3v) is 6.52. The average molecular weight is 482 g/mol. The van der Waals surface area contributed by atoms with E-state index in [1.807, 2.05) is 42.6 Å². The van der Waals surface area contributed by atoms with Crippen LogP contribution in [-0.2, 0) is 11.2 Å². The molecular weight excluding hydrogens is 446 g/mol. The van der Waals surface area contributed by atoms with Crippen LogP contribution in [0.15, 0.2) is 73.4 Å². The first-order valence-electron chi connectivity index (χ1n) is 12.4. The molecule has 3 N–H and O–H groups in total. The van der Waals surface area contributed by atoms with Crippen LogP contribution in [-0.4, -0.2) is 41.4 Å². The van der Waals surface area contributed by atoms with Crippen LogP contribution >= 0.6 is 0 Å². The van der Waals surface area contributed by atoms with Crippen molar-refractivity contribution in [2.45, 2.75) is 32.6 Å². The number of aryl methyl sites for hydroxylation is 1. The molecule has 0 aliphatic carbocycles. The van der Waals surface area contributed by atoms with Crippen LogP contribution in [0.1, 0.15) is 37.3 Å². The van der Waals surface area contributed by atoms with E-state index in [0.29, 0.717) is 0 Å². The first-order chi connectivity index (χ1) is 17.4. The first kappa shape index (κ1) is 25.2. The van der Waals surface area contributed by atoms with Crippen molar-refractivity contribution in [3.05, 3.63) is 84.6 Å². The number of fused-ring (bicyclic) bond motifs is 1. The summed E-state index contributed by atoms with van der Waals surface area (Å²) in [6.45, 7) is 8.95. The highest BCUT2D eigenvalue weighted by Gasteiger charge is 2.17. The van der Waals surface area contributed by atoms with Gasteiger partial charge in [-0.25, -0.2) is 4.98 Å². The number of hydrogen-bond acceptors (Lipinski definition) is 4. The summed E-state index contributed by atoms with van der Waals surface area (Å²) in [7, 11) is 4.16. The molecule has 2 aromatic heterocycles.